The predicted octanol–water partition coefficient (Wildman–Crippen LogP) is 5.95. The Morgan fingerprint density at radius 3 is 1.95 bits per heavy atom. The molecule has 1 saturated carbocycles. The molecule has 0 heterocycles. The fraction of sp³-hybridized carbons (Fsp3) is 0.300. The van der Waals surface area contributed by atoms with E-state index in [9.17, 15) is 0 Å². The van der Waals surface area contributed by atoms with Gasteiger partial charge in [0.1, 0.15) is 0 Å². The van der Waals surface area contributed by atoms with Crippen LogP contribution in [0.5, 0.6) is 0 Å². The first-order chi connectivity index (χ1) is 10.3. The van der Waals surface area contributed by atoms with Crippen LogP contribution in [0.4, 0.5) is 0 Å². The van der Waals surface area contributed by atoms with Crippen LogP contribution in [0.25, 0.3) is 21.5 Å². The van der Waals surface area contributed by atoms with Crippen molar-refractivity contribution in [2.45, 2.75) is 36.9 Å². The zero-order valence-corrected chi connectivity index (χ0v) is 13.0. The highest BCUT2D eigenvalue weighted by atomic mass is 32.1. The summed E-state index contributed by atoms with van der Waals surface area (Å²) in [6, 6.07) is 20.0. The Kier molecular flexibility index (Phi) is 3.39. The van der Waals surface area contributed by atoms with Crippen molar-refractivity contribution in [3.63, 3.8) is 0 Å². The van der Waals surface area contributed by atoms with Crippen LogP contribution < -0.4 is 0 Å². The Hall–Kier alpha value is -1.47. The fourth-order valence-corrected chi connectivity index (χ4v) is 4.38. The first-order valence-electron chi connectivity index (χ1n) is 7.93. The summed E-state index contributed by atoms with van der Waals surface area (Å²) in [6.45, 7) is 0. The molecule has 0 spiro atoms. The number of rotatable bonds is 1. The molecule has 0 N–H and O–H groups in total. The summed E-state index contributed by atoms with van der Waals surface area (Å²) >= 11 is 4.92. The third-order valence-corrected chi connectivity index (χ3v) is 5.53. The molecule has 3 aromatic carbocycles. The zero-order chi connectivity index (χ0) is 14.2. The van der Waals surface area contributed by atoms with Crippen LogP contribution in [0, 0.1) is 0 Å². The molecule has 1 fully saturated rings. The van der Waals surface area contributed by atoms with Crippen molar-refractivity contribution in [1.82, 2.24) is 0 Å². The number of fused-ring (bicyclic) bond motifs is 2. The van der Waals surface area contributed by atoms with E-state index in [-0.39, 0.29) is 0 Å². The number of benzene rings is 3. The molecule has 106 valence electrons. The lowest BCUT2D eigenvalue weighted by atomic mass is 9.79. The first-order valence-corrected chi connectivity index (χ1v) is 8.45. The first kappa shape index (κ1) is 13.2. The Morgan fingerprint density at radius 2 is 1.33 bits per heavy atom. The molecule has 0 aromatic heterocycles. The molecule has 0 saturated heterocycles. The maximum atomic E-state index is 4.92. The van der Waals surface area contributed by atoms with Gasteiger partial charge in [-0.15, -0.1) is 0 Å². The molecule has 2 unspecified atom stereocenters. The maximum Gasteiger partial charge on any atom is 0.00859 e. The smallest absolute Gasteiger partial charge is 0.00859 e. The lowest BCUT2D eigenvalue weighted by Gasteiger charge is -2.30. The fourth-order valence-electron chi connectivity index (χ4n) is 3.90. The largest absolute Gasteiger partial charge is 0.175 e. The van der Waals surface area contributed by atoms with Crippen LogP contribution in [0.2, 0.25) is 0 Å². The second-order valence-electron chi connectivity index (χ2n) is 6.19. The molecule has 1 aliphatic rings. The molecule has 0 aliphatic heterocycles. The highest BCUT2D eigenvalue weighted by Crippen LogP contribution is 2.42. The van der Waals surface area contributed by atoms with Gasteiger partial charge >= 0.3 is 0 Å². The molecule has 0 radical (unpaired) electrons. The average molecular weight is 292 g/mol. The molecule has 1 aliphatic carbocycles. The van der Waals surface area contributed by atoms with E-state index in [1.54, 1.807) is 0 Å². The van der Waals surface area contributed by atoms with Crippen molar-refractivity contribution in [2.75, 3.05) is 0 Å². The van der Waals surface area contributed by atoms with Gasteiger partial charge in [0, 0.05) is 5.25 Å². The summed E-state index contributed by atoms with van der Waals surface area (Å²) in [5.41, 5.74) is 1.53. The van der Waals surface area contributed by atoms with Crippen molar-refractivity contribution >= 4 is 34.2 Å². The standard InChI is InChI=1S/C20H20S/c21-19-12-6-5-11-18(19)20-16-9-3-1-7-14(16)13-15-8-2-4-10-17(15)20/h1-4,7-10,13,18-19,21H,5-6,11-12H2. The van der Waals surface area contributed by atoms with E-state index in [4.69, 9.17) is 12.6 Å². The van der Waals surface area contributed by atoms with E-state index in [2.05, 4.69) is 54.6 Å². The monoisotopic (exact) mass is 292 g/mol. The van der Waals surface area contributed by atoms with Crippen LogP contribution in [0.3, 0.4) is 0 Å². The number of thiol groups is 1. The van der Waals surface area contributed by atoms with E-state index in [0.29, 0.717) is 11.2 Å². The molecular weight excluding hydrogens is 272 g/mol. The van der Waals surface area contributed by atoms with Crippen molar-refractivity contribution in [3.8, 4) is 0 Å². The van der Waals surface area contributed by atoms with Gasteiger partial charge in [-0.25, -0.2) is 0 Å². The molecule has 4 rings (SSSR count). The summed E-state index contributed by atoms with van der Waals surface area (Å²) in [6.07, 6.45) is 5.17. The SMILES string of the molecule is SC1CCCCC1c1c2ccccc2cc2ccccc12. The van der Waals surface area contributed by atoms with Gasteiger partial charge in [-0.2, -0.15) is 12.6 Å². The summed E-state index contributed by atoms with van der Waals surface area (Å²) in [5.74, 6) is 0.582. The van der Waals surface area contributed by atoms with Crippen molar-refractivity contribution in [3.05, 3.63) is 60.2 Å². The lowest BCUT2D eigenvalue weighted by Crippen LogP contribution is -2.18. The molecular formula is C20H20S. The maximum absolute atomic E-state index is 4.92. The lowest BCUT2D eigenvalue weighted by molar-refractivity contribution is 0.461. The van der Waals surface area contributed by atoms with Gasteiger partial charge in [-0.05, 0) is 51.9 Å². The molecule has 0 bridgehead atoms. The summed E-state index contributed by atoms with van der Waals surface area (Å²) in [7, 11) is 0. The van der Waals surface area contributed by atoms with Crippen LogP contribution in [0.15, 0.2) is 54.6 Å². The topological polar surface area (TPSA) is 0 Å². The van der Waals surface area contributed by atoms with Gasteiger partial charge in [0.2, 0.25) is 0 Å². The Balaban J connectivity index is 2.06. The number of hydrogen-bond acceptors (Lipinski definition) is 1. The zero-order valence-electron chi connectivity index (χ0n) is 12.1. The third-order valence-electron chi connectivity index (χ3n) is 4.91. The van der Waals surface area contributed by atoms with Gasteiger partial charge in [0.05, 0.1) is 0 Å². The highest BCUT2D eigenvalue weighted by molar-refractivity contribution is 7.81. The summed E-state index contributed by atoms with van der Waals surface area (Å²) in [5, 5.41) is 6.05. The summed E-state index contributed by atoms with van der Waals surface area (Å²) in [4.78, 5) is 0. The quantitative estimate of drug-likeness (QED) is 0.416. The van der Waals surface area contributed by atoms with Gasteiger partial charge in [-0.1, -0.05) is 61.4 Å². The molecule has 1 heteroatoms. The second-order valence-corrected chi connectivity index (χ2v) is 6.85. The Morgan fingerprint density at radius 1 is 0.762 bits per heavy atom. The van der Waals surface area contributed by atoms with Crippen molar-refractivity contribution in [2.24, 2.45) is 0 Å². The van der Waals surface area contributed by atoms with E-state index < -0.39 is 0 Å². The molecule has 3 aromatic rings. The Bertz CT molecular complexity index is 736. The van der Waals surface area contributed by atoms with Crippen LogP contribution in [-0.4, -0.2) is 5.25 Å². The van der Waals surface area contributed by atoms with Crippen LogP contribution >= 0.6 is 12.6 Å². The molecule has 0 nitrogen and oxygen atoms in total. The summed E-state index contributed by atoms with van der Waals surface area (Å²) < 4.78 is 0. The van der Waals surface area contributed by atoms with Gasteiger partial charge in [-0.3, -0.25) is 0 Å². The van der Waals surface area contributed by atoms with E-state index in [1.807, 2.05) is 0 Å². The minimum absolute atomic E-state index is 0.493. The van der Waals surface area contributed by atoms with Crippen molar-refractivity contribution < 1.29 is 0 Å². The minimum Gasteiger partial charge on any atom is -0.175 e. The van der Waals surface area contributed by atoms with Crippen molar-refractivity contribution in [1.29, 1.82) is 0 Å². The van der Waals surface area contributed by atoms with Crippen LogP contribution in [-0.2, 0) is 0 Å². The van der Waals surface area contributed by atoms with E-state index in [1.165, 1.54) is 52.8 Å². The van der Waals surface area contributed by atoms with E-state index in [0.717, 1.165) is 0 Å². The normalized spacial score (nSPS) is 22.7. The minimum atomic E-state index is 0.493. The predicted molar refractivity (Wildman–Crippen MR) is 95.4 cm³/mol. The third kappa shape index (κ3) is 2.24. The number of hydrogen-bond donors (Lipinski definition) is 1. The highest BCUT2D eigenvalue weighted by Gasteiger charge is 2.26. The molecule has 0 amide bonds. The van der Waals surface area contributed by atoms with E-state index >= 15 is 0 Å². The average Bonchev–Trinajstić information content (AvgIpc) is 2.53. The van der Waals surface area contributed by atoms with Gasteiger partial charge < -0.3 is 0 Å². The van der Waals surface area contributed by atoms with Gasteiger partial charge in [0.15, 0.2) is 0 Å². The molecule has 21 heavy (non-hydrogen) atoms. The second kappa shape index (κ2) is 5.38. The Labute approximate surface area is 131 Å². The van der Waals surface area contributed by atoms with Gasteiger partial charge in [0.25, 0.3) is 0 Å². The molecule has 2 atom stereocenters. The van der Waals surface area contributed by atoms with Crippen LogP contribution in [0.1, 0.15) is 37.2 Å².